The molecule has 0 spiro atoms. The van der Waals surface area contributed by atoms with Gasteiger partial charge in [0, 0.05) is 17.7 Å². The van der Waals surface area contributed by atoms with Gasteiger partial charge in [0.2, 0.25) is 6.08 Å². The zero-order valence-corrected chi connectivity index (χ0v) is 40.2. The van der Waals surface area contributed by atoms with Crippen LogP contribution in [-0.4, -0.2) is 76.0 Å². The smallest absolute Gasteiger partial charge is 0.333 e. The van der Waals surface area contributed by atoms with Gasteiger partial charge in [-0.25, -0.2) is 19.4 Å². The van der Waals surface area contributed by atoms with Crippen molar-refractivity contribution in [2.75, 3.05) is 52.7 Å². The van der Waals surface area contributed by atoms with Gasteiger partial charge in [-0.3, -0.25) is 4.79 Å². The third-order valence-electron chi connectivity index (χ3n) is 9.91. The minimum Gasteiger partial charge on any atom is -0.460 e. The Morgan fingerprint density at radius 1 is 0.529 bits per heavy atom. The van der Waals surface area contributed by atoms with Gasteiger partial charge in [-0.05, 0) is 59.0 Å². The Morgan fingerprint density at radius 3 is 1.18 bits per heavy atom. The summed E-state index contributed by atoms with van der Waals surface area (Å²) in [4.78, 5) is 48.3. The second-order valence-electron chi connectivity index (χ2n) is 14.9. The molecule has 0 saturated heterocycles. The van der Waals surface area contributed by atoms with E-state index >= 15 is 0 Å². The van der Waals surface area contributed by atoms with Gasteiger partial charge >= 0.3 is 11.9 Å². The van der Waals surface area contributed by atoms with Crippen LogP contribution in [0.4, 0.5) is 4.79 Å². The molecule has 0 aliphatic heterocycles. The van der Waals surface area contributed by atoms with Crippen molar-refractivity contribution in [2.24, 2.45) is 4.99 Å². The standard InChI is InChI=1S/C28H29NO4S.C19H16S.C9H13NO4/c1-22(2)26(30)33-21-20-32-19-18-29-27(31)34-28(23-12-6-3-7-13-23,24-14-8-4-9-15-24)25-16-10-5-11-17-25;20-19(16-10-4-1-5-11-16,17-12-6-2-7-13-17)18-14-8-3-9-15-18;1-8(2)9(12)14-6-5-13-4-3-10-7-11/h3-17H,1,18-21H2,2H3,(H,29,31);1-15,20H;1,3-6H2,2H3. The monoisotopic (exact) mass is 950 g/mol. The predicted octanol–water partition coefficient (Wildman–Crippen LogP) is 10.9. The Labute approximate surface area is 409 Å². The molecule has 0 bridgehead atoms. The minimum absolute atomic E-state index is 0.146. The largest absolute Gasteiger partial charge is 0.460 e. The zero-order valence-electron chi connectivity index (χ0n) is 38.5. The lowest BCUT2D eigenvalue weighted by atomic mass is 9.84. The molecule has 6 rings (SSSR count). The van der Waals surface area contributed by atoms with E-state index in [0.29, 0.717) is 30.9 Å². The molecule has 0 atom stereocenters. The van der Waals surface area contributed by atoms with Crippen LogP contribution in [0.25, 0.3) is 0 Å². The van der Waals surface area contributed by atoms with Crippen LogP contribution in [0.5, 0.6) is 0 Å². The number of esters is 2. The van der Waals surface area contributed by atoms with Gasteiger partial charge in [0.15, 0.2) is 0 Å². The second kappa shape index (κ2) is 29.8. The first kappa shape index (κ1) is 53.8. The molecule has 0 unspecified atom stereocenters. The number of ether oxygens (including phenoxy) is 4. The molecule has 0 heterocycles. The number of rotatable bonds is 21. The fourth-order valence-corrected chi connectivity index (χ4v) is 8.29. The number of nitrogens with one attached hydrogen (secondary N) is 1. The number of hydrogen-bond acceptors (Lipinski definition) is 11. The Hall–Kier alpha value is -6.79. The van der Waals surface area contributed by atoms with E-state index in [4.69, 9.17) is 31.6 Å². The van der Waals surface area contributed by atoms with Crippen molar-refractivity contribution in [2.45, 2.75) is 23.3 Å². The predicted molar refractivity (Wildman–Crippen MR) is 275 cm³/mol. The molecule has 68 heavy (non-hydrogen) atoms. The summed E-state index contributed by atoms with van der Waals surface area (Å²) in [5, 5.41) is 2.78. The summed E-state index contributed by atoms with van der Waals surface area (Å²) < 4.78 is 19.0. The topological polar surface area (TPSA) is 130 Å². The average Bonchev–Trinajstić information content (AvgIpc) is 3.39. The lowest BCUT2D eigenvalue weighted by Crippen LogP contribution is -2.32. The van der Waals surface area contributed by atoms with Crippen LogP contribution in [0, 0.1) is 0 Å². The lowest BCUT2D eigenvalue weighted by Gasteiger charge is -2.34. The zero-order chi connectivity index (χ0) is 48.9. The van der Waals surface area contributed by atoms with Gasteiger partial charge < -0.3 is 24.3 Å². The number of nitrogens with zero attached hydrogens (tertiary/aromatic N) is 1. The second-order valence-corrected chi connectivity index (χ2v) is 16.8. The van der Waals surface area contributed by atoms with E-state index in [9.17, 15) is 19.2 Å². The summed E-state index contributed by atoms with van der Waals surface area (Å²) in [5.41, 5.74) is 7.30. The quantitative estimate of drug-likeness (QED) is 0.0138. The van der Waals surface area contributed by atoms with Gasteiger partial charge in [-0.15, -0.1) is 0 Å². The maximum Gasteiger partial charge on any atom is 0.333 e. The van der Waals surface area contributed by atoms with E-state index in [1.807, 2.05) is 72.8 Å². The number of benzene rings is 6. The fraction of sp³-hybridized carbons (Fsp3) is 0.214. The molecular formula is C56H58N2O8S2. The van der Waals surface area contributed by atoms with Crippen molar-refractivity contribution in [1.82, 2.24) is 5.32 Å². The van der Waals surface area contributed by atoms with Crippen LogP contribution >= 0.6 is 24.4 Å². The van der Waals surface area contributed by atoms with E-state index in [0.717, 1.165) is 16.7 Å². The minimum atomic E-state index is -0.717. The van der Waals surface area contributed by atoms with Crippen molar-refractivity contribution in [1.29, 1.82) is 0 Å². The van der Waals surface area contributed by atoms with Crippen LogP contribution in [0.3, 0.4) is 0 Å². The normalized spacial score (nSPS) is 10.6. The van der Waals surface area contributed by atoms with Gasteiger partial charge in [0.25, 0.3) is 5.24 Å². The van der Waals surface area contributed by atoms with E-state index < -0.39 is 21.4 Å². The first-order valence-corrected chi connectivity index (χ1v) is 23.2. The lowest BCUT2D eigenvalue weighted by molar-refractivity contribution is -0.141. The molecule has 6 aromatic carbocycles. The molecule has 0 saturated carbocycles. The summed E-state index contributed by atoms with van der Waals surface area (Å²) in [7, 11) is 0. The van der Waals surface area contributed by atoms with Crippen LogP contribution < -0.4 is 5.32 Å². The number of thiol groups is 1. The van der Waals surface area contributed by atoms with Gasteiger partial charge in [-0.1, -0.05) is 195 Å². The van der Waals surface area contributed by atoms with Crippen LogP contribution in [0.1, 0.15) is 47.2 Å². The molecule has 352 valence electrons. The van der Waals surface area contributed by atoms with Gasteiger partial charge in [0.1, 0.15) is 18.0 Å². The van der Waals surface area contributed by atoms with E-state index in [1.54, 1.807) is 13.8 Å². The summed E-state index contributed by atoms with van der Waals surface area (Å²) in [6, 6.07) is 61.4. The first-order valence-electron chi connectivity index (χ1n) is 21.9. The number of hydrogen-bond donors (Lipinski definition) is 2. The number of aliphatic imine (C=N–C) groups is 1. The van der Waals surface area contributed by atoms with Crippen molar-refractivity contribution >= 4 is 47.6 Å². The maximum absolute atomic E-state index is 13.1. The highest BCUT2D eigenvalue weighted by Gasteiger charge is 2.39. The van der Waals surface area contributed by atoms with Crippen LogP contribution in [0.2, 0.25) is 0 Å². The molecule has 0 aliphatic rings. The number of thioether (sulfide) groups is 1. The maximum atomic E-state index is 13.1. The summed E-state index contributed by atoms with van der Waals surface area (Å²) in [5.74, 6) is -0.869. The third-order valence-corrected chi connectivity index (χ3v) is 12.0. The molecule has 0 radical (unpaired) electrons. The third kappa shape index (κ3) is 16.8. The van der Waals surface area contributed by atoms with E-state index in [1.165, 1.54) is 34.5 Å². The van der Waals surface area contributed by atoms with Gasteiger partial charge in [0.05, 0.1) is 37.7 Å². The molecule has 0 aromatic heterocycles. The first-order chi connectivity index (χ1) is 33.0. The summed E-state index contributed by atoms with van der Waals surface area (Å²) in [6.07, 6.45) is 1.39. The van der Waals surface area contributed by atoms with E-state index in [2.05, 4.69) is 133 Å². The Kier molecular flexibility index (Phi) is 23.6. The van der Waals surface area contributed by atoms with Gasteiger partial charge in [-0.2, -0.15) is 12.6 Å². The fourth-order valence-electron chi connectivity index (χ4n) is 6.63. The highest BCUT2D eigenvalue weighted by atomic mass is 32.2. The van der Waals surface area contributed by atoms with Crippen molar-refractivity contribution in [3.63, 3.8) is 0 Å². The molecule has 10 nitrogen and oxygen atoms in total. The molecule has 6 aromatic rings. The molecule has 0 fully saturated rings. The SMILES string of the molecule is C=C(C)C(=O)OCCOCCN=C=O.C=C(C)C(=O)OCCOCCNC(=O)SC(c1ccccc1)(c1ccccc1)c1ccccc1.SC(c1ccccc1)(c1ccccc1)c1ccccc1. The average molecular weight is 951 g/mol. The Bertz CT molecular complexity index is 2300. The number of carbonyl (C=O) groups is 3. The highest BCUT2D eigenvalue weighted by molar-refractivity contribution is 8.14. The summed E-state index contributed by atoms with van der Waals surface area (Å²) >= 11 is 6.33. The number of carbonyl (C=O) groups excluding carboxylic acids is 4. The molecular weight excluding hydrogens is 893 g/mol. The van der Waals surface area contributed by atoms with Crippen molar-refractivity contribution in [3.8, 4) is 0 Å². The molecule has 0 aliphatic carbocycles. The van der Waals surface area contributed by atoms with E-state index in [-0.39, 0.29) is 38.2 Å². The summed E-state index contributed by atoms with van der Waals surface area (Å²) in [6.45, 7) is 12.2. The molecule has 1 amide bonds. The van der Waals surface area contributed by atoms with Crippen molar-refractivity contribution < 1.29 is 38.1 Å². The highest BCUT2D eigenvalue weighted by Crippen LogP contribution is 2.48. The number of amides is 1. The van der Waals surface area contributed by atoms with Crippen LogP contribution in [0.15, 0.2) is 211 Å². The van der Waals surface area contributed by atoms with Crippen LogP contribution in [-0.2, 0) is 42.8 Å². The van der Waals surface area contributed by atoms with Crippen molar-refractivity contribution in [3.05, 3.63) is 240 Å². The Balaban J connectivity index is 0.000000250. The molecule has 12 heteroatoms. The molecule has 1 N–H and O–H groups in total. The number of isocyanates is 1. The Morgan fingerprint density at radius 2 is 0.853 bits per heavy atom.